The van der Waals surface area contributed by atoms with Crippen molar-refractivity contribution >= 4 is 11.6 Å². The summed E-state index contributed by atoms with van der Waals surface area (Å²) in [4.78, 5) is 36.6. The molecule has 8 heteroatoms. The summed E-state index contributed by atoms with van der Waals surface area (Å²) < 4.78 is 5.45. The minimum absolute atomic E-state index is 0.0278. The van der Waals surface area contributed by atoms with Gasteiger partial charge in [-0.05, 0) is 56.0 Å². The first-order chi connectivity index (χ1) is 15.6. The van der Waals surface area contributed by atoms with E-state index in [0.717, 1.165) is 74.4 Å². The lowest BCUT2D eigenvalue weighted by molar-refractivity contribution is 0.0958. The highest BCUT2D eigenvalue weighted by Crippen LogP contribution is 2.31. The number of rotatable bonds is 4. The fourth-order valence-corrected chi connectivity index (χ4v) is 5.32. The zero-order chi connectivity index (χ0) is 22.1. The normalized spacial score (nSPS) is 22.0. The van der Waals surface area contributed by atoms with Crippen LogP contribution in [0.15, 0.2) is 29.2 Å². The number of aromatic nitrogens is 2. The summed E-state index contributed by atoms with van der Waals surface area (Å²) in [6, 6.07) is 6.57. The molecule has 170 valence electrons. The zero-order valence-electron chi connectivity index (χ0n) is 18.6. The highest BCUT2D eigenvalue weighted by molar-refractivity contribution is 5.92. The summed E-state index contributed by atoms with van der Waals surface area (Å²) in [5.74, 6) is 0.239. The molecule has 1 unspecified atom stereocenters. The molecule has 3 aliphatic heterocycles. The number of amides is 1. The number of H-pyrrole nitrogens is 1. The largest absolute Gasteiger partial charge is 0.376 e. The van der Waals surface area contributed by atoms with E-state index in [1.54, 1.807) is 19.3 Å². The maximum absolute atomic E-state index is 12.5. The van der Waals surface area contributed by atoms with Gasteiger partial charge in [-0.1, -0.05) is 0 Å². The maximum Gasteiger partial charge on any atom is 0.269 e. The van der Waals surface area contributed by atoms with Gasteiger partial charge in [0.1, 0.15) is 5.69 Å². The Balaban J connectivity index is 1.18. The Kier molecular flexibility index (Phi) is 5.97. The van der Waals surface area contributed by atoms with Crippen LogP contribution in [0.4, 0.5) is 5.69 Å². The standard InChI is InChI=1S/C24H31N5O3/c1-25-24(31)21-3-2-19(13-26-21)28-9-5-18(6-10-28)29-8-4-17(14-29)22-12-16-7-11-32-15-20(16)23(30)27-22/h2-3,12-13,17-18H,4-11,14-15H2,1H3,(H,25,31)(H,27,30). The van der Waals surface area contributed by atoms with E-state index in [-0.39, 0.29) is 11.5 Å². The SMILES string of the molecule is CNC(=O)c1ccc(N2CCC(N3CCC(c4cc5c(c(=O)[nH]4)COCC5)C3)CC2)cn1. The summed E-state index contributed by atoms with van der Waals surface area (Å²) in [6.07, 6.45) is 5.95. The van der Waals surface area contributed by atoms with Crippen LogP contribution in [0, 0.1) is 0 Å². The molecule has 0 aromatic carbocycles. The average Bonchev–Trinajstić information content (AvgIpc) is 3.34. The van der Waals surface area contributed by atoms with Crippen LogP contribution in [0.2, 0.25) is 0 Å². The Labute approximate surface area is 188 Å². The van der Waals surface area contributed by atoms with Gasteiger partial charge in [-0.2, -0.15) is 0 Å². The quantitative estimate of drug-likeness (QED) is 0.756. The second-order valence-corrected chi connectivity index (χ2v) is 9.04. The van der Waals surface area contributed by atoms with E-state index in [4.69, 9.17) is 4.74 Å². The number of carbonyl (C=O) groups excluding carboxylic acids is 1. The summed E-state index contributed by atoms with van der Waals surface area (Å²) in [5.41, 5.74) is 4.61. The Morgan fingerprint density at radius 1 is 1.22 bits per heavy atom. The van der Waals surface area contributed by atoms with Crippen LogP contribution >= 0.6 is 0 Å². The third-order valence-electron chi connectivity index (χ3n) is 7.22. The second kappa shape index (κ2) is 9.03. The van der Waals surface area contributed by atoms with Crippen molar-refractivity contribution in [3.8, 4) is 0 Å². The summed E-state index contributed by atoms with van der Waals surface area (Å²) >= 11 is 0. The van der Waals surface area contributed by atoms with E-state index in [9.17, 15) is 9.59 Å². The number of fused-ring (bicyclic) bond motifs is 1. The molecule has 0 spiro atoms. The second-order valence-electron chi connectivity index (χ2n) is 9.04. The van der Waals surface area contributed by atoms with Gasteiger partial charge in [0.25, 0.3) is 11.5 Å². The number of ether oxygens (including phenoxy) is 1. The number of likely N-dealkylation sites (tertiary alicyclic amines) is 1. The average molecular weight is 438 g/mol. The molecule has 32 heavy (non-hydrogen) atoms. The lowest BCUT2D eigenvalue weighted by atomic mass is 9.98. The van der Waals surface area contributed by atoms with Crippen LogP contribution in [0.1, 0.15) is 52.5 Å². The molecule has 1 atom stereocenters. The molecule has 0 aliphatic carbocycles. The number of aromatic amines is 1. The summed E-state index contributed by atoms with van der Waals surface area (Å²) in [6.45, 7) is 5.21. The summed E-state index contributed by atoms with van der Waals surface area (Å²) in [7, 11) is 1.61. The van der Waals surface area contributed by atoms with Gasteiger partial charge in [-0.25, -0.2) is 4.98 Å². The van der Waals surface area contributed by atoms with Crippen molar-refractivity contribution in [1.82, 2.24) is 20.2 Å². The number of hydrogen-bond acceptors (Lipinski definition) is 6. The van der Waals surface area contributed by atoms with Crippen molar-refractivity contribution in [3.63, 3.8) is 0 Å². The third kappa shape index (κ3) is 4.17. The third-order valence-corrected chi connectivity index (χ3v) is 7.22. The molecule has 0 bridgehead atoms. The van der Waals surface area contributed by atoms with E-state index in [0.29, 0.717) is 30.9 Å². The van der Waals surface area contributed by atoms with E-state index in [1.165, 1.54) is 0 Å². The van der Waals surface area contributed by atoms with Crippen molar-refractivity contribution in [3.05, 3.63) is 57.3 Å². The van der Waals surface area contributed by atoms with Crippen LogP contribution in [0.5, 0.6) is 0 Å². The van der Waals surface area contributed by atoms with Crippen LogP contribution in [-0.2, 0) is 17.8 Å². The van der Waals surface area contributed by atoms with Crippen LogP contribution in [0.25, 0.3) is 0 Å². The predicted molar refractivity (Wildman–Crippen MR) is 122 cm³/mol. The lowest BCUT2D eigenvalue weighted by Crippen LogP contribution is -2.44. The minimum Gasteiger partial charge on any atom is -0.376 e. The number of hydrogen-bond donors (Lipinski definition) is 2. The van der Waals surface area contributed by atoms with Crippen molar-refractivity contribution in [2.75, 3.05) is 44.7 Å². The lowest BCUT2D eigenvalue weighted by Gasteiger charge is -2.37. The van der Waals surface area contributed by atoms with E-state index in [1.807, 2.05) is 6.07 Å². The topological polar surface area (TPSA) is 90.6 Å². The Bertz CT molecular complexity index is 1030. The first kappa shape index (κ1) is 21.2. The van der Waals surface area contributed by atoms with Crippen molar-refractivity contribution in [2.24, 2.45) is 0 Å². The monoisotopic (exact) mass is 437 g/mol. The molecule has 8 nitrogen and oxygen atoms in total. The van der Waals surface area contributed by atoms with Gasteiger partial charge in [-0.15, -0.1) is 0 Å². The molecule has 3 aliphatic rings. The van der Waals surface area contributed by atoms with Crippen LogP contribution in [0.3, 0.4) is 0 Å². The summed E-state index contributed by atoms with van der Waals surface area (Å²) in [5, 5.41) is 2.60. The predicted octanol–water partition coefficient (Wildman–Crippen LogP) is 1.66. The molecule has 2 fully saturated rings. The molecule has 5 heterocycles. The molecule has 2 N–H and O–H groups in total. The molecule has 0 saturated carbocycles. The van der Waals surface area contributed by atoms with Gasteiger partial charge in [0, 0.05) is 49.9 Å². The number of nitrogens with one attached hydrogen (secondary N) is 2. The number of nitrogens with zero attached hydrogens (tertiary/aromatic N) is 3. The van der Waals surface area contributed by atoms with Gasteiger partial charge in [-0.3, -0.25) is 14.5 Å². The van der Waals surface area contributed by atoms with Gasteiger partial charge < -0.3 is 19.9 Å². The van der Waals surface area contributed by atoms with E-state index in [2.05, 4.69) is 31.2 Å². The first-order valence-electron chi connectivity index (χ1n) is 11.6. The zero-order valence-corrected chi connectivity index (χ0v) is 18.6. The molecule has 5 rings (SSSR count). The highest BCUT2D eigenvalue weighted by atomic mass is 16.5. The van der Waals surface area contributed by atoms with Gasteiger partial charge in [0.15, 0.2) is 0 Å². The highest BCUT2D eigenvalue weighted by Gasteiger charge is 2.32. The van der Waals surface area contributed by atoms with Crippen molar-refractivity contribution < 1.29 is 9.53 Å². The molecule has 2 aromatic rings. The fourth-order valence-electron chi connectivity index (χ4n) is 5.32. The van der Waals surface area contributed by atoms with E-state index < -0.39 is 0 Å². The molecule has 0 radical (unpaired) electrons. The number of anilines is 1. The van der Waals surface area contributed by atoms with Crippen molar-refractivity contribution in [1.29, 1.82) is 0 Å². The van der Waals surface area contributed by atoms with Gasteiger partial charge >= 0.3 is 0 Å². The smallest absolute Gasteiger partial charge is 0.269 e. The maximum atomic E-state index is 12.5. The molecular weight excluding hydrogens is 406 g/mol. The first-order valence-corrected chi connectivity index (χ1v) is 11.6. The van der Waals surface area contributed by atoms with Crippen LogP contribution in [-0.4, -0.2) is 66.7 Å². The number of pyridine rings is 2. The molecule has 2 saturated heterocycles. The number of piperidine rings is 1. The minimum atomic E-state index is -0.160. The Morgan fingerprint density at radius 3 is 2.81 bits per heavy atom. The van der Waals surface area contributed by atoms with Gasteiger partial charge in [0.05, 0.1) is 25.1 Å². The van der Waals surface area contributed by atoms with Gasteiger partial charge in [0.2, 0.25) is 0 Å². The molecule has 1 amide bonds. The van der Waals surface area contributed by atoms with Crippen LogP contribution < -0.4 is 15.8 Å². The molecule has 2 aromatic heterocycles. The fraction of sp³-hybridized carbons (Fsp3) is 0.542. The molecular formula is C24H31N5O3. The Hall–Kier alpha value is -2.71. The number of carbonyl (C=O) groups is 1. The van der Waals surface area contributed by atoms with E-state index >= 15 is 0 Å². The Morgan fingerprint density at radius 2 is 2.06 bits per heavy atom. The van der Waals surface area contributed by atoms with Crippen molar-refractivity contribution in [2.45, 2.75) is 44.2 Å².